The molecule has 1 rings (SSSR count). The van der Waals surface area contributed by atoms with Gasteiger partial charge in [0.15, 0.2) is 0 Å². The molecule has 19 heavy (non-hydrogen) atoms. The highest BCUT2D eigenvalue weighted by Gasteiger charge is 2.29. The third-order valence-corrected chi connectivity index (χ3v) is 2.40. The molecule has 0 saturated heterocycles. The van der Waals surface area contributed by atoms with Crippen LogP contribution in [-0.2, 0) is 0 Å². The van der Waals surface area contributed by atoms with Gasteiger partial charge in [-0.3, -0.25) is 5.43 Å². The minimum atomic E-state index is -4.51. The second-order valence-corrected chi connectivity index (χ2v) is 4.12. The van der Waals surface area contributed by atoms with E-state index < -0.39 is 28.8 Å². The monoisotopic (exact) mass is 288 g/mol. The van der Waals surface area contributed by atoms with E-state index in [0.717, 1.165) is 12.1 Å². The third kappa shape index (κ3) is 4.85. The van der Waals surface area contributed by atoms with Crippen molar-refractivity contribution in [1.29, 1.82) is 10.5 Å². The molecule has 0 spiro atoms. The Bertz CT molecular complexity index is 567. The molecular formula is C10H4F4N4S. The molecule has 0 unspecified atom stereocenters. The SMILES string of the molecule is N#CC(C#N)=NNc1ccc(SC(F)(F)F)cc1F. The highest BCUT2D eigenvalue weighted by molar-refractivity contribution is 8.00. The zero-order valence-corrected chi connectivity index (χ0v) is 9.81. The molecule has 4 nitrogen and oxygen atoms in total. The summed E-state index contributed by atoms with van der Waals surface area (Å²) in [4.78, 5) is -0.319. The number of rotatable bonds is 3. The molecule has 0 aliphatic heterocycles. The van der Waals surface area contributed by atoms with Gasteiger partial charge >= 0.3 is 5.51 Å². The van der Waals surface area contributed by atoms with Crippen molar-refractivity contribution >= 4 is 23.2 Å². The van der Waals surface area contributed by atoms with Crippen molar-refractivity contribution in [2.75, 3.05) is 5.43 Å². The van der Waals surface area contributed by atoms with Crippen LogP contribution in [-0.4, -0.2) is 11.2 Å². The number of benzene rings is 1. The van der Waals surface area contributed by atoms with E-state index in [4.69, 9.17) is 10.5 Å². The van der Waals surface area contributed by atoms with Crippen LogP contribution in [0.2, 0.25) is 0 Å². The average molecular weight is 288 g/mol. The lowest BCUT2D eigenvalue weighted by Gasteiger charge is -2.07. The molecule has 1 aromatic rings. The standard InChI is InChI=1S/C10H4F4N4S/c11-8-3-7(19-10(12,13)14)1-2-9(8)18-17-6(4-15)5-16/h1-3,18H. The van der Waals surface area contributed by atoms with Gasteiger partial charge < -0.3 is 0 Å². The Kier molecular flexibility index (Phi) is 4.73. The topological polar surface area (TPSA) is 72.0 Å². The molecular weight excluding hydrogens is 284 g/mol. The summed E-state index contributed by atoms with van der Waals surface area (Å²) in [6.07, 6.45) is 0. The molecule has 0 fully saturated rings. The molecule has 0 bridgehead atoms. The zero-order valence-electron chi connectivity index (χ0n) is 8.99. The fourth-order valence-electron chi connectivity index (χ4n) is 0.975. The van der Waals surface area contributed by atoms with Crippen LogP contribution in [0.15, 0.2) is 28.2 Å². The van der Waals surface area contributed by atoms with E-state index in [1.807, 2.05) is 0 Å². The summed E-state index contributed by atoms with van der Waals surface area (Å²) in [5.41, 5.74) is -3.20. The number of nitriles is 2. The lowest BCUT2D eigenvalue weighted by Crippen LogP contribution is -2.01. The number of thioether (sulfide) groups is 1. The Balaban J connectivity index is 2.88. The molecule has 0 atom stereocenters. The van der Waals surface area contributed by atoms with Crippen molar-refractivity contribution in [3.63, 3.8) is 0 Å². The Morgan fingerprint density at radius 2 is 1.89 bits per heavy atom. The maximum atomic E-state index is 13.4. The van der Waals surface area contributed by atoms with Gasteiger partial charge in [-0.25, -0.2) is 4.39 Å². The number of nitrogens with one attached hydrogen (secondary N) is 1. The van der Waals surface area contributed by atoms with Crippen LogP contribution >= 0.6 is 11.8 Å². The molecule has 9 heteroatoms. The van der Waals surface area contributed by atoms with E-state index >= 15 is 0 Å². The second kappa shape index (κ2) is 6.07. The Labute approximate surface area is 109 Å². The van der Waals surface area contributed by atoms with E-state index in [9.17, 15) is 17.6 Å². The van der Waals surface area contributed by atoms with Gasteiger partial charge in [0.25, 0.3) is 0 Å². The molecule has 0 amide bonds. The van der Waals surface area contributed by atoms with Crippen molar-refractivity contribution in [1.82, 2.24) is 0 Å². The van der Waals surface area contributed by atoms with E-state index in [2.05, 4.69) is 10.5 Å². The molecule has 98 valence electrons. The summed E-state index contributed by atoms with van der Waals surface area (Å²) in [7, 11) is 0. The van der Waals surface area contributed by atoms with Crippen molar-refractivity contribution in [2.45, 2.75) is 10.4 Å². The average Bonchev–Trinajstić information content (AvgIpc) is 2.30. The van der Waals surface area contributed by atoms with Gasteiger partial charge in [-0.2, -0.15) is 28.8 Å². The van der Waals surface area contributed by atoms with E-state index in [1.165, 1.54) is 12.1 Å². The first-order valence-electron chi connectivity index (χ1n) is 4.55. The summed E-state index contributed by atoms with van der Waals surface area (Å²) < 4.78 is 49.6. The van der Waals surface area contributed by atoms with E-state index in [0.29, 0.717) is 6.07 Å². The van der Waals surface area contributed by atoms with Crippen molar-refractivity contribution in [2.24, 2.45) is 5.10 Å². The van der Waals surface area contributed by atoms with Crippen LogP contribution in [0, 0.1) is 28.5 Å². The molecule has 0 saturated carbocycles. The summed E-state index contributed by atoms with van der Waals surface area (Å²) in [6, 6.07) is 5.61. The molecule has 0 radical (unpaired) electrons. The third-order valence-electron chi connectivity index (χ3n) is 1.67. The van der Waals surface area contributed by atoms with Gasteiger partial charge in [0.1, 0.15) is 18.0 Å². The van der Waals surface area contributed by atoms with Crippen LogP contribution in [0.4, 0.5) is 23.2 Å². The highest BCUT2D eigenvalue weighted by Crippen LogP contribution is 2.37. The largest absolute Gasteiger partial charge is 0.446 e. The summed E-state index contributed by atoms with van der Waals surface area (Å²) in [6.45, 7) is 0. The number of hydrazone groups is 1. The number of nitrogens with zero attached hydrogens (tertiary/aromatic N) is 3. The van der Waals surface area contributed by atoms with Crippen LogP contribution in [0.25, 0.3) is 0 Å². The van der Waals surface area contributed by atoms with Crippen LogP contribution in [0.1, 0.15) is 0 Å². The Morgan fingerprint density at radius 1 is 1.26 bits per heavy atom. The van der Waals surface area contributed by atoms with Crippen molar-refractivity contribution in [3.8, 4) is 12.1 Å². The molecule has 0 aromatic heterocycles. The highest BCUT2D eigenvalue weighted by atomic mass is 32.2. The van der Waals surface area contributed by atoms with Gasteiger partial charge in [0.2, 0.25) is 5.71 Å². The smallest absolute Gasteiger partial charge is 0.274 e. The maximum absolute atomic E-state index is 13.4. The van der Waals surface area contributed by atoms with Crippen molar-refractivity contribution < 1.29 is 17.6 Å². The first-order valence-corrected chi connectivity index (χ1v) is 5.36. The fraction of sp³-hybridized carbons (Fsp3) is 0.100. The molecule has 1 N–H and O–H groups in total. The Hall–Kier alpha value is -2.26. The van der Waals surface area contributed by atoms with Gasteiger partial charge in [-0.05, 0) is 30.0 Å². The number of halogens is 4. The Morgan fingerprint density at radius 3 is 2.37 bits per heavy atom. The van der Waals surface area contributed by atoms with Crippen molar-refractivity contribution in [3.05, 3.63) is 24.0 Å². The minimum Gasteiger partial charge on any atom is -0.274 e. The maximum Gasteiger partial charge on any atom is 0.446 e. The van der Waals surface area contributed by atoms with Crippen LogP contribution < -0.4 is 5.43 Å². The molecule has 0 aliphatic carbocycles. The van der Waals surface area contributed by atoms with Crippen LogP contribution in [0.3, 0.4) is 0 Å². The van der Waals surface area contributed by atoms with Gasteiger partial charge in [-0.1, -0.05) is 0 Å². The number of anilines is 1. The predicted octanol–water partition coefficient (Wildman–Crippen LogP) is 3.25. The lowest BCUT2D eigenvalue weighted by atomic mass is 10.3. The number of alkyl halides is 3. The van der Waals surface area contributed by atoms with E-state index in [1.54, 1.807) is 0 Å². The fourth-order valence-corrected chi connectivity index (χ4v) is 1.54. The van der Waals surface area contributed by atoms with Crippen LogP contribution in [0.5, 0.6) is 0 Å². The first-order chi connectivity index (χ1) is 8.85. The zero-order chi connectivity index (χ0) is 14.5. The summed E-state index contributed by atoms with van der Waals surface area (Å²) in [5, 5.41) is 20.0. The van der Waals surface area contributed by atoms with Gasteiger partial charge in [0.05, 0.1) is 5.69 Å². The predicted molar refractivity (Wildman–Crippen MR) is 60.6 cm³/mol. The second-order valence-electron chi connectivity index (χ2n) is 2.99. The lowest BCUT2D eigenvalue weighted by molar-refractivity contribution is -0.0328. The number of hydrogen-bond acceptors (Lipinski definition) is 5. The normalized spacial score (nSPS) is 10.2. The minimum absolute atomic E-state index is 0.241. The first kappa shape index (κ1) is 14.8. The summed E-state index contributed by atoms with van der Waals surface area (Å²) in [5.74, 6) is -0.978. The number of hydrogen-bond donors (Lipinski definition) is 1. The molecule has 1 aromatic carbocycles. The quantitative estimate of drug-likeness (QED) is 0.401. The van der Waals surface area contributed by atoms with E-state index in [-0.39, 0.29) is 10.6 Å². The molecule has 0 heterocycles. The molecule has 0 aliphatic rings. The summed E-state index contributed by atoms with van der Waals surface area (Å²) >= 11 is -0.451. The van der Waals surface area contributed by atoms with Gasteiger partial charge in [-0.15, -0.1) is 0 Å². The van der Waals surface area contributed by atoms with Gasteiger partial charge in [0, 0.05) is 4.90 Å².